The van der Waals surface area contributed by atoms with Crippen LogP contribution in [-0.2, 0) is 4.79 Å². The minimum absolute atomic E-state index is 0.0863. The van der Waals surface area contributed by atoms with E-state index in [2.05, 4.69) is 13.0 Å². The quantitative estimate of drug-likeness (QED) is 0.663. The molecule has 0 bridgehead atoms. The summed E-state index contributed by atoms with van der Waals surface area (Å²) in [7, 11) is 1.75. The zero-order chi connectivity index (χ0) is 14.8. The molecule has 0 aliphatic rings. The second-order valence-corrected chi connectivity index (χ2v) is 5.10. The SMILES string of the molecule is CCCCCCCCC(=O)N(C)c1ccccc1C#N. The van der Waals surface area contributed by atoms with E-state index in [0.717, 1.165) is 12.8 Å². The molecule has 0 atom stereocenters. The maximum Gasteiger partial charge on any atom is 0.226 e. The van der Waals surface area contributed by atoms with Gasteiger partial charge < -0.3 is 4.90 Å². The lowest BCUT2D eigenvalue weighted by Gasteiger charge is -2.18. The lowest BCUT2D eigenvalue weighted by atomic mass is 10.1. The zero-order valence-corrected chi connectivity index (χ0v) is 12.6. The predicted molar refractivity (Wildman–Crippen MR) is 82.6 cm³/mol. The van der Waals surface area contributed by atoms with Gasteiger partial charge in [-0.25, -0.2) is 0 Å². The van der Waals surface area contributed by atoms with Gasteiger partial charge in [-0.05, 0) is 18.6 Å². The van der Waals surface area contributed by atoms with Crippen LogP contribution in [0.4, 0.5) is 5.69 Å². The third-order valence-corrected chi connectivity index (χ3v) is 3.50. The Bertz CT molecular complexity index is 462. The molecule has 0 aliphatic carbocycles. The maximum absolute atomic E-state index is 12.1. The lowest BCUT2D eigenvalue weighted by molar-refractivity contribution is -0.118. The smallest absolute Gasteiger partial charge is 0.226 e. The van der Waals surface area contributed by atoms with E-state index in [0.29, 0.717) is 17.7 Å². The highest BCUT2D eigenvalue weighted by molar-refractivity contribution is 5.94. The van der Waals surface area contributed by atoms with Crippen molar-refractivity contribution in [2.24, 2.45) is 0 Å². The highest BCUT2D eigenvalue weighted by Gasteiger charge is 2.13. The van der Waals surface area contributed by atoms with Crippen LogP contribution in [0.15, 0.2) is 24.3 Å². The number of para-hydroxylation sites is 1. The fraction of sp³-hybridized carbons (Fsp3) is 0.529. The molecule has 0 saturated carbocycles. The monoisotopic (exact) mass is 272 g/mol. The summed E-state index contributed by atoms with van der Waals surface area (Å²) >= 11 is 0. The molecule has 0 saturated heterocycles. The molecule has 0 radical (unpaired) electrons. The number of amides is 1. The fourth-order valence-corrected chi connectivity index (χ4v) is 2.22. The number of benzene rings is 1. The van der Waals surface area contributed by atoms with Gasteiger partial charge in [-0.3, -0.25) is 4.79 Å². The number of rotatable bonds is 8. The van der Waals surface area contributed by atoms with E-state index in [1.807, 2.05) is 18.2 Å². The Kier molecular flexibility index (Phi) is 7.42. The minimum atomic E-state index is 0.0863. The third-order valence-electron chi connectivity index (χ3n) is 3.50. The molecule has 3 nitrogen and oxygen atoms in total. The molecule has 0 N–H and O–H groups in total. The number of unbranched alkanes of at least 4 members (excludes halogenated alkanes) is 5. The second kappa shape index (κ2) is 9.14. The average Bonchev–Trinajstić information content (AvgIpc) is 2.49. The van der Waals surface area contributed by atoms with E-state index in [9.17, 15) is 4.79 Å². The first kappa shape index (κ1) is 16.2. The molecule has 1 amide bonds. The van der Waals surface area contributed by atoms with Crippen molar-refractivity contribution in [3.63, 3.8) is 0 Å². The van der Waals surface area contributed by atoms with Crippen molar-refractivity contribution in [2.45, 2.75) is 51.9 Å². The number of anilines is 1. The Morgan fingerprint density at radius 1 is 1.15 bits per heavy atom. The summed E-state index contributed by atoms with van der Waals surface area (Å²) < 4.78 is 0. The number of carbonyl (C=O) groups excluding carboxylic acids is 1. The van der Waals surface area contributed by atoms with E-state index in [-0.39, 0.29) is 5.91 Å². The molecule has 1 aromatic carbocycles. The fourth-order valence-electron chi connectivity index (χ4n) is 2.22. The molecule has 1 rings (SSSR count). The highest BCUT2D eigenvalue weighted by Crippen LogP contribution is 2.19. The summed E-state index contributed by atoms with van der Waals surface area (Å²) in [5.41, 5.74) is 1.25. The number of nitriles is 1. The van der Waals surface area contributed by atoms with Crippen LogP contribution < -0.4 is 4.90 Å². The van der Waals surface area contributed by atoms with Crippen LogP contribution in [0.25, 0.3) is 0 Å². The van der Waals surface area contributed by atoms with Crippen molar-refractivity contribution in [1.82, 2.24) is 0 Å². The van der Waals surface area contributed by atoms with Crippen LogP contribution in [0, 0.1) is 11.3 Å². The van der Waals surface area contributed by atoms with Crippen LogP contribution in [-0.4, -0.2) is 13.0 Å². The van der Waals surface area contributed by atoms with Gasteiger partial charge in [0.15, 0.2) is 0 Å². The van der Waals surface area contributed by atoms with Crippen molar-refractivity contribution >= 4 is 11.6 Å². The lowest BCUT2D eigenvalue weighted by Crippen LogP contribution is -2.26. The van der Waals surface area contributed by atoms with E-state index < -0.39 is 0 Å². The maximum atomic E-state index is 12.1. The van der Waals surface area contributed by atoms with Gasteiger partial charge in [0.2, 0.25) is 5.91 Å². The van der Waals surface area contributed by atoms with Gasteiger partial charge in [-0.1, -0.05) is 51.2 Å². The first-order chi connectivity index (χ1) is 9.70. The Hall–Kier alpha value is -1.82. The Morgan fingerprint density at radius 3 is 2.50 bits per heavy atom. The third kappa shape index (κ3) is 5.05. The van der Waals surface area contributed by atoms with Gasteiger partial charge >= 0.3 is 0 Å². The van der Waals surface area contributed by atoms with Gasteiger partial charge in [-0.2, -0.15) is 5.26 Å². The molecule has 20 heavy (non-hydrogen) atoms. The van der Waals surface area contributed by atoms with Crippen LogP contribution in [0.2, 0.25) is 0 Å². The molecule has 108 valence electrons. The van der Waals surface area contributed by atoms with Gasteiger partial charge in [0, 0.05) is 13.5 Å². The number of hydrogen-bond acceptors (Lipinski definition) is 2. The average molecular weight is 272 g/mol. The first-order valence-electron chi connectivity index (χ1n) is 7.46. The Balaban J connectivity index is 2.41. The Labute approximate surface area is 122 Å². The summed E-state index contributed by atoms with van der Waals surface area (Å²) in [5.74, 6) is 0.0863. The van der Waals surface area contributed by atoms with E-state index in [1.54, 1.807) is 18.0 Å². The number of hydrogen-bond donors (Lipinski definition) is 0. The summed E-state index contributed by atoms with van der Waals surface area (Å²) in [5, 5.41) is 9.06. The molecule has 0 spiro atoms. The standard InChI is InChI=1S/C17H24N2O/c1-3-4-5-6-7-8-13-17(20)19(2)16-12-10-9-11-15(16)14-18/h9-12H,3-8,13H2,1-2H3. The van der Waals surface area contributed by atoms with Gasteiger partial charge in [0.05, 0.1) is 11.3 Å². The molecule has 0 aliphatic heterocycles. The summed E-state index contributed by atoms with van der Waals surface area (Å²) in [6.45, 7) is 2.20. The number of carbonyl (C=O) groups is 1. The zero-order valence-electron chi connectivity index (χ0n) is 12.6. The molecule has 0 heterocycles. The van der Waals surface area contributed by atoms with E-state index in [1.165, 1.54) is 25.7 Å². The first-order valence-corrected chi connectivity index (χ1v) is 7.46. The molecule has 0 unspecified atom stereocenters. The van der Waals surface area contributed by atoms with Crippen LogP contribution in [0.1, 0.15) is 57.4 Å². The molecule has 3 heteroatoms. The Morgan fingerprint density at radius 2 is 1.80 bits per heavy atom. The summed E-state index contributed by atoms with van der Waals surface area (Å²) in [4.78, 5) is 13.7. The van der Waals surface area contributed by atoms with E-state index in [4.69, 9.17) is 5.26 Å². The number of nitrogens with zero attached hydrogens (tertiary/aromatic N) is 2. The van der Waals surface area contributed by atoms with Crippen LogP contribution >= 0.6 is 0 Å². The summed E-state index contributed by atoms with van der Waals surface area (Å²) in [6.07, 6.45) is 7.59. The van der Waals surface area contributed by atoms with Gasteiger partial charge in [-0.15, -0.1) is 0 Å². The molecular formula is C17H24N2O. The van der Waals surface area contributed by atoms with Gasteiger partial charge in [0.25, 0.3) is 0 Å². The van der Waals surface area contributed by atoms with Crippen LogP contribution in [0.3, 0.4) is 0 Å². The largest absolute Gasteiger partial charge is 0.314 e. The minimum Gasteiger partial charge on any atom is -0.314 e. The van der Waals surface area contributed by atoms with Crippen molar-refractivity contribution < 1.29 is 4.79 Å². The van der Waals surface area contributed by atoms with Crippen molar-refractivity contribution in [2.75, 3.05) is 11.9 Å². The normalized spacial score (nSPS) is 10.1. The topological polar surface area (TPSA) is 44.1 Å². The molecule has 0 fully saturated rings. The predicted octanol–water partition coefficient (Wildman–Crippen LogP) is 4.27. The van der Waals surface area contributed by atoms with Gasteiger partial charge in [0.1, 0.15) is 6.07 Å². The molecular weight excluding hydrogens is 248 g/mol. The summed E-state index contributed by atoms with van der Waals surface area (Å²) in [6, 6.07) is 9.35. The molecule has 0 aromatic heterocycles. The van der Waals surface area contributed by atoms with Crippen molar-refractivity contribution in [1.29, 1.82) is 5.26 Å². The van der Waals surface area contributed by atoms with Crippen molar-refractivity contribution in [3.8, 4) is 6.07 Å². The van der Waals surface area contributed by atoms with E-state index >= 15 is 0 Å². The highest BCUT2D eigenvalue weighted by atomic mass is 16.2. The molecule has 1 aromatic rings. The van der Waals surface area contributed by atoms with Crippen molar-refractivity contribution in [3.05, 3.63) is 29.8 Å². The van der Waals surface area contributed by atoms with Crippen LogP contribution in [0.5, 0.6) is 0 Å². The second-order valence-electron chi connectivity index (χ2n) is 5.10.